The van der Waals surface area contributed by atoms with Gasteiger partial charge in [0.15, 0.2) is 5.82 Å². The number of carbonyl (C=O) groups is 2. The molecule has 3 rings (SSSR count). The lowest BCUT2D eigenvalue weighted by Crippen LogP contribution is -2.37. The monoisotopic (exact) mass is 366 g/mol. The molecule has 0 radical (unpaired) electrons. The summed E-state index contributed by atoms with van der Waals surface area (Å²) >= 11 is 0. The first kappa shape index (κ1) is 18.2. The molecule has 0 aliphatic heterocycles. The number of hydrogen-bond donors (Lipinski definition) is 3. The molecule has 1 heterocycles. The standard InChI is InChI=1S/C18H18N6O3/c1-12-21-22-23-24(12)15-9-5-8-14(10-15)20-18(27)17(26)19-11-16(25)13-6-3-2-4-7-13/h2-10,16,25H,11H2,1H3,(H,19,26)(H,20,27). The van der Waals surface area contributed by atoms with Gasteiger partial charge in [-0.25, -0.2) is 0 Å². The number of nitrogens with one attached hydrogen (secondary N) is 2. The summed E-state index contributed by atoms with van der Waals surface area (Å²) in [5.41, 5.74) is 1.73. The molecule has 0 aliphatic carbocycles. The van der Waals surface area contributed by atoms with Gasteiger partial charge in [-0.1, -0.05) is 36.4 Å². The molecule has 1 atom stereocenters. The fourth-order valence-corrected chi connectivity index (χ4v) is 2.44. The van der Waals surface area contributed by atoms with Gasteiger partial charge in [0.1, 0.15) is 0 Å². The molecule has 3 N–H and O–H groups in total. The predicted molar refractivity (Wildman–Crippen MR) is 96.9 cm³/mol. The summed E-state index contributed by atoms with van der Waals surface area (Å²) in [6, 6.07) is 15.7. The van der Waals surface area contributed by atoms with Crippen LogP contribution in [0.1, 0.15) is 17.5 Å². The Morgan fingerprint density at radius 2 is 1.89 bits per heavy atom. The summed E-state index contributed by atoms with van der Waals surface area (Å²) in [5.74, 6) is -1.08. The number of nitrogens with zero attached hydrogens (tertiary/aromatic N) is 4. The average Bonchev–Trinajstić information content (AvgIpc) is 3.12. The second kappa shape index (κ2) is 8.19. The van der Waals surface area contributed by atoms with Gasteiger partial charge in [0, 0.05) is 12.2 Å². The molecular weight excluding hydrogens is 348 g/mol. The first-order valence-corrected chi connectivity index (χ1v) is 8.22. The van der Waals surface area contributed by atoms with Gasteiger partial charge in [-0.05, 0) is 41.1 Å². The molecule has 1 aromatic heterocycles. The molecule has 27 heavy (non-hydrogen) atoms. The van der Waals surface area contributed by atoms with Crippen LogP contribution in [0.5, 0.6) is 0 Å². The molecule has 0 bridgehead atoms. The maximum Gasteiger partial charge on any atom is 0.313 e. The molecule has 0 fully saturated rings. The van der Waals surface area contributed by atoms with E-state index in [-0.39, 0.29) is 6.54 Å². The molecule has 0 saturated heterocycles. The molecule has 1 unspecified atom stereocenters. The maximum absolute atomic E-state index is 12.1. The van der Waals surface area contributed by atoms with E-state index in [0.717, 1.165) is 0 Å². The van der Waals surface area contributed by atoms with Crippen molar-refractivity contribution < 1.29 is 14.7 Å². The summed E-state index contributed by atoms with van der Waals surface area (Å²) < 4.78 is 1.51. The first-order valence-electron chi connectivity index (χ1n) is 8.22. The van der Waals surface area contributed by atoms with Crippen LogP contribution in [0, 0.1) is 6.92 Å². The van der Waals surface area contributed by atoms with E-state index in [1.165, 1.54) is 4.68 Å². The number of anilines is 1. The van der Waals surface area contributed by atoms with Crippen molar-refractivity contribution in [1.82, 2.24) is 25.5 Å². The zero-order chi connectivity index (χ0) is 19.2. The highest BCUT2D eigenvalue weighted by atomic mass is 16.3. The van der Waals surface area contributed by atoms with Crippen LogP contribution in [0.2, 0.25) is 0 Å². The number of tetrazole rings is 1. The Kier molecular flexibility index (Phi) is 5.53. The lowest BCUT2D eigenvalue weighted by Gasteiger charge is -2.12. The highest BCUT2D eigenvalue weighted by molar-refractivity contribution is 6.39. The predicted octanol–water partition coefficient (Wildman–Crippen LogP) is 0.759. The van der Waals surface area contributed by atoms with Crippen molar-refractivity contribution in [3.8, 4) is 5.69 Å². The zero-order valence-electron chi connectivity index (χ0n) is 14.5. The Hall–Kier alpha value is -3.59. The van der Waals surface area contributed by atoms with E-state index >= 15 is 0 Å². The number of carbonyl (C=O) groups excluding carboxylic acids is 2. The van der Waals surface area contributed by atoms with E-state index in [1.807, 2.05) is 6.07 Å². The number of rotatable bonds is 5. The number of amides is 2. The molecule has 0 spiro atoms. The van der Waals surface area contributed by atoms with Gasteiger partial charge in [-0.15, -0.1) is 5.10 Å². The van der Waals surface area contributed by atoms with Crippen LogP contribution >= 0.6 is 0 Å². The second-order valence-corrected chi connectivity index (χ2v) is 5.78. The molecule has 3 aromatic rings. The topological polar surface area (TPSA) is 122 Å². The Morgan fingerprint density at radius 3 is 2.59 bits per heavy atom. The molecule has 0 aliphatic rings. The Balaban J connectivity index is 1.58. The van der Waals surface area contributed by atoms with Gasteiger partial charge in [-0.2, -0.15) is 4.68 Å². The number of hydrogen-bond acceptors (Lipinski definition) is 6. The number of aliphatic hydroxyl groups is 1. The Labute approximate surface area is 155 Å². The Bertz CT molecular complexity index is 941. The second-order valence-electron chi connectivity index (χ2n) is 5.78. The molecule has 9 nitrogen and oxygen atoms in total. The minimum atomic E-state index is -0.894. The van der Waals surface area contributed by atoms with Crippen molar-refractivity contribution in [3.05, 3.63) is 66.0 Å². The van der Waals surface area contributed by atoms with E-state index in [2.05, 4.69) is 26.2 Å². The fourth-order valence-electron chi connectivity index (χ4n) is 2.44. The summed E-state index contributed by atoms with van der Waals surface area (Å²) in [4.78, 5) is 24.1. The van der Waals surface area contributed by atoms with Crippen LogP contribution in [0.15, 0.2) is 54.6 Å². The quantitative estimate of drug-likeness (QED) is 0.573. The molecule has 2 amide bonds. The summed E-state index contributed by atoms with van der Waals surface area (Å²) in [5, 5.41) is 26.2. The van der Waals surface area contributed by atoms with Crippen molar-refractivity contribution in [2.75, 3.05) is 11.9 Å². The van der Waals surface area contributed by atoms with Crippen LogP contribution in [-0.4, -0.2) is 43.7 Å². The van der Waals surface area contributed by atoms with Gasteiger partial charge in [0.05, 0.1) is 11.8 Å². The van der Waals surface area contributed by atoms with Crippen molar-refractivity contribution >= 4 is 17.5 Å². The van der Waals surface area contributed by atoms with E-state index < -0.39 is 17.9 Å². The van der Waals surface area contributed by atoms with E-state index in [1.54, 1.807) is 55.5 Å². The molecular formula is C18H18N6O3. The fraction of sp³-hybridized carbons (Fsp3) is 0.167. The highest BCUT2D eigenvalue weighted by Crippen LogP contribution is 2.15. The third kappa shape index (κ3) is 4.53. The van der Waals surface area contributed by atoms with Crippen molar-refractivity contribution in [1.29, 1.82) is 0 Å². The van der Waals surface area contributed by atoms with Crippen molar-refractivity contribution in [2.45, 2.75) is 13.0 Å². The van der Waals surface area contributed by atoms with E-state index in [9.17, 15) is 14.7 Å². The van der Waals surface area contributed by atoms with Crippen molar-refractivity contribution in [3.63, 3.8) is 0 Å². The van der Waals surface area contributed by atoms with Crippen LogP contribution in [-0.2, 0) is 9.59 Å². The van der Waals surface area contributed by atoms with Crippen molar-refractivity contribution in [2.24, 2.45) is 0 Å². The SMILES string of the molecule is Cc1nnnn1-c1cccc(NC(=O)C(=O)NCC(O)c2ccccc2)c1. The molecule has 138 valence electrons. The molecule has 9 heteroatoms. The number of aliphatic hydroxyl groups excluding tert-OH is 1. The van der Waals surface area contributed by atoms with E-state index in [4.69, 9.17) is 0 Å². The third-order valence-corrected chi connectivity index (χ3v) is 3.82. The van der Waals surface area contributed by atoms with E-state index in [0.29, 0.717) is 22.8 Å². The smallest absolute Gasteiger partial charge is 0.313 e. The van der Waals surface area contributed by atoms with Crippen LogP contribution in [0.4, 0.5) is 5.69 Å². The summed E-state index contributed by atoms with van der Waals surface area (Å²) in [6.07, 6.45) is -0.894. The normalized spacial score (nSPS) is 11.6. The first-order chi connectivity index (χ1) is 13.0. The number of aryl methyl sites for hydroxylation is 1. The number of aromatic nitrogens is 4. The van der Waals surface area contributed by atoms with Crippen LogP contribution in [0.25, 0.3) is 5.69 Å². The number of benzene rings is 2. The Morgan fingerprint density at radius 1 is 1.11 bits per heavy atom. The van der Waals surface area contributed by atoms with Gasteiger partial charge in [0.25, 0.3) is 0 Å². The highest BCUT2D eigenvalue weighted by Gasteiger charge is 2.16. The zero-order valence-corrected chi connectivity index (χ0v) is 14.5. The van der Waals surface area contributed by atoms with Gasteiger partial charge in [-0.3, -0.25) is 9.59 Å². The van der Waals surface area contributed by atoms with Crippen LogP contribution < -0.4 is 10.6 Å². The van der Waals surface area contributed by atoms with Gasteiger partial charge >= 0.3 is 11.8 Å². The summed E-state index contributed by atoms with van der Waals surface area (Å²) in [7, 11) is 0. The molecule has 0 saturated carbocycles. The lowest BCUT2D eigenvalue weighted by molar-refractivity contribution is -0.136. The third-order valence-electron chi connectivity index (χ3n) is 3.82. The molecule has 2 aromatic carbocycles. The summed E-state index contributed by atoms with van der Waals surface area (Å²) in [6.45, 7) is 1.68. The lowest BCUT2D eigenvalue weighted by atomic mass is 10.1. The minimum Gasteiger partial charge on any atom is -0.387 e. The van der Waals surface area contributed by atoms with Gasteiger partial charge < -0.3 is 15.7 Å². The van der Waals surface area contributed by atoms with Crippen LogP contribution in [0.3, 0.4) is 0 Å². The minimum absolute atomic E-state index is 0.0693. The maximum atomic E-state index is 12.1. The average molecular weight is 366 g/mol. The largest absolute Gasteiger partial charge is 0.387 e. The van der Waals surface area contributed by atoms with Gasteiger partial charge in [0.2, 0.25) is 0 Å².